The minimum atomic E-state index is -0.743. The smallest absolute Gasteiger partial charge is 0.261 e. The summed E-state index contributed by atoms with van der Waals surface area (Å²) in [5.41, 5.74) is 2.57. The molecule has 202 valence electrons. The molecule has 0 saturated carbocycles. The molecule has 0 aromatic heterocycles. The molecule has 38 heavy (non-hydrogen) atoms. The first-order chi connectivity index (χ1) is 18.1. The molecule has 3 aromatic rings. The summed E-state index contributed by atoms with van der Waals surface area (Å²) in [6.45, 7) is 8.78. The van der Waals surface area contributed by atoms with E-state index in [1.807, 2.05) is 67.6 Å². The summed E-state index contributed by atoms with van der Waals surface area (Å²) in [7, 11) is 0. The number of carbonyl (C=O) groups is 2. The van der Waals surface area contributed by atoms with E-state index in [4.69, 9.17) is 27.9 Å². The van der Waals surface area contributed by atoms with E-state index in [9.17, 15) is 9.59 Å². The summed E-state index contributed by atoms with van der Waals surface area (Å²) < 4.78 is 6.08. The highest BCUT2D eigenvalue weighted by atomic mass is 35.5. The lowest BCUT2D eigenvalue weighted by molar-refractivity contribution is -0.142. The molecule has 1 N–H and O–H groups in total. The second-order valence-electron chi connectivity index (χ2n) is 10.3. The van der Waals surface area contributed by atoms with E-state index >= 15 is 0 Å². The molecular formula is C31H36Cl2N2O3. The van der Waals surface area contributed by atoms with E-state index in [-0.39, 0.29) is 30.4 Å². The predicted molar refractivity (Wildman–Crippen MR) is 155 cm³/mol. The molecule has 0 heterocycles. The molecule has 0 saturated heterocycles. The third kappa shape index (κ3) is 8.24. The van der Waals surface area contributed by atoms with Crippen LogP contribution < -0.4 is 10.1 Å². The fourth-order valence-electron chi connectivity index (χ4n) is 4.19. The van der Waals surface area contributed by atoms with Gasteiger partial charge in [-0.15, -0.1) is 0 Å². The zero-order valence-corrected chi connectivity index (χ0v) is 24.0. The van der Waals surface area contributed by atoms with Crippen LogP contribution in [0, 0.1) is 0 Å². The molecule has 0 radical (unpaired) electrons. The predicted octanol–water partition coefficient (Wildman–Crippen LogP) is 6.84. The summed E-state index contributed by atoms with van der Waals surface area (Å²) in [6.07, 6.45) is 1.15. The Morgan fingerprint density at radius 1 is 0.921 bits per heavy atom. The summed E-state index contributed by atoms with van der Waals surface area (Å²) in [6, 6.07) is 21.9. The summed E-state index contributed by atoms with van der Waals surface area (Å²) in [5.74, 6) is 0.143. The third-order valence-electron chi connectivity index (χ3n) is 6.20. The van der Waals surface area contributed by atoms with Crippen LogP contribution in [-0.2, 0) is 28.0 Å². The topological polar surface area (TPSA) is 58.6 Å². The molecule has 0 unspecified atom stereocenters. The Hall–Kier alpha value is -3.02. The third-order valence-corrected chi connectivity index (χ3v) is 6.94. The van der Waals surface area contributed by atoms with Crippen molar-refractivity contribution in [3.05, 3.63) is 99.5 Å². The lowest BCUT2D eigenvalue weighted by atomic mass is 9.86. The number of benzene rings is 3. The highest BCUT2D eigenvalue weighted by Crippen LogP contribution is 2.31. The van der Waals surface area contributed by atoms with Gasteiger partial charge in [0.1, 0.15) is 11.8 Å². The van der Waals surface area contributed by atoms with Gasteiger partial charge < -0.3 is 15.0 Å². The first-order valence-electron chi connectivity index (χ1n) is 12.9. The Labute approximate surface area is 236 Å². The Balaban J connectivity index is 1.95. The second-order valence-corrected chi connectivity index (χ2v) is 11.1. The van der Waals surface area contributed by atoms with Gasteiger partial charge in [-0.25, -0.2) is 0 Å². The second kappa shape index (κ2) is 13.7. The highest BCUT2D eigenvalue weighted by molar-refractivity contribution is 6.42. The minimum absolute atomic E-state index is 0.157. The van der Waals surface area contributed by atoms with Crippen LogP contribution >= 0.6 is 23.2 Å². The van der Waals surface area contributed by atoms with E-state index in [0.29, 0.717) is 28.8 Å². The normalized spacial score (nSPS) is 12.1. The molecule has 1 atom stereocenters. The molecular weight excluding hydrogens is 519 g/mol. The number of carbonyl (C=O) groups excluding carboxylic acids is 2. The number of hydrogen-bond donors (Lipinski definition) is 1. The van der Waals surface area contributed by atoms with Crippen LogP contribution in [0.1, 0.15) is 50.8 Å². The van der Waals surface area contributed by atoms with Crippen LogP contribution in [0.3, 0.4) is 0 Å². The Kier molecular flexibility index (Phi) is 10.6. The van der Waals surface area contributed by atoms with Crippen LogP contribution in [-0.4, -0.2) is 35.9 Å². The lowest BCUT2D eigenvalue weighted by Crippen LogP contribution is -2.51. The number of amides is 2. The largest absolute Gasteiger partial charge is 0.483 e. The number of para-hydroxylation sites is 1. The number of halogens is 2. The SMILES string of the molecule is CCCNC(=O)[C@H](Cc1ccccc1)N(Cc1ccc(Cl)c(Cl)c1)C(=O)COc1ccccc1C(C)(C)C. The number of ether oxygens (including phenoxy) is 1. The molecule has 7 heteroatoms. The summed E-state index contributed by atoms with van der Waals surface area (Å²) in [5, 5.41) is 3.79. The van der Waals surface area contributed by atoms with Crippen LogP contribution in [0.2, 0.25) is 10.0 Å². The van der Waals surface area contributed by atoms with Crippen molar-refractivity contribution in [1.29, 1.82) is 0 Å². The van der Waals surface area contributed by atoms with Crippen molar-refractivity contribution < 1.29 is 14.3 Å². The van der Waals surface area contributed by atoms with Crippen molar-refractivity contribution in [1.82, 2.24) is 10.2 Å². The molecule has 0 aliphatic heterocycles. The summed E-state index contributed by atoms with van der Waals surface area (Å²) >= 11 is 12.4. The first-order valence-corrected chi connectivity index (χ1v) is 13.6. The Bertz CT molecular complexity index is 1230. The first kappa shape index (κ1) is 29.5. The van der Waals surface area contributed by atoms with Crippen molar-refractivity contribution >= 4 is 35.0 Å². The van der Waals surface area contributed by atoms with Crippen molar-refractivity contribution in [2.75, 3.05) is 13.2 Å². The molecule has 0 spiro atoms. The molecule has 5 nitrogen and oxygen atoms in total. The maximum Gasteiger partial charge on any atom is 0.261 e. The van der Waals surface area contributed by atoms with E-state index in [1.165, 1.54) is 0 Å². The van der Waals surface area contributed by atoms with Crippen LogP contribution in [0.15, 0.2) is 72.8 Å². The van der Waals surface area contributed by atoms with Crippen molar-refractivity contribution in [2.45, 2.75) is 58.5 Å². The Morgan fingerprint density at radius 2 is 1.61 bits per heavy atom. The molecule has 3 rings (SSSR count). The molecule has 2 amide bonds. The molecule has 0 bridgehead atoms. The van der Waals surface area contributed by atoms with Crippen LogP contribution in [0.4, 0.5) is 0 Å². The number of hydrogen-bond acceptors (Lipinski definition) is 3. The van der Waals surface area contributed by atoms with E-state index in [1.54, 1.807) is 17.0 Å². The number of nitrogens with zero attached hydrogens (tertiary/aromatic N) is 1. The van der Waals surface area contributed by atoms with Gasteiger partial charge in [-0.2, -0.15) is 0 Å². The van der Waals surface area contributed by atoms with Gasteiger partial charge in [0.05, 0.1) is 10.0 Å². The lowest BCUT2D eigenvalue weighted by Gasteiger charge is -2.32. The van der Waals surface area contributed by atoms with Gasteiger partial charge in [0.25, 0.3) is 5.91 Å². The minimum Gasteiger partial charge on any atom is -0.483 e. The number of rotatable bonds is 11. The molecule has 0 aliphatic rings. The average molecular weight is 556 g/mol. The van der Waals surface area contributed by atoms with Gasteiger partial charge in [-0.05, 0) is 46.7 Å². The molecule has 0 aliphatic carbocycles. The number of nitrogens with one attached hydrogen (secondary N) is 1. The van der Waals surface area contributed by atoms with Gasteiger partial charge in [-0.1, -0.05) is 105 Å². The fraction of sp³-hybridized carbons (Fsp3) is 0.355. The standard InChI is InChI=1S/C31H36Cl2N2O3/c1-5-17-34-30(37)27(19-22-11-7-6-8-12-22)35(20-23-15-16-25(32)26(33)18-23)29(36)21-38-28-14-10-9-13-24(28)31(2,3)4/h6-16,18,27H,5,17,19-21H2,1-4H3,(H,34,37)/t27-/m0/s1. The van der Waals surface area contributed by atoms with Crippen molar-refractivity contribution in [3.63, 3.8) is 0 Å². The maximum absolute atomic E-state index is 13.8. The van der Waals surface area contributed by atoms with E-state index in [2.05, 4.69) is 26.1 Å². The monoisotopic (exact) mass is 554 g/mol. The molecule has 3 aromatic carbocycles. The fourth-order valence-corrected chi connectivity index (χ4v) is 4.51. The maximum atomic E-state index is 13.8. The average Bonchev–Trinajstić information content (AvgIpc) is 2.90. The molecule has 0 fully saturated rings. The van der Waals surface area contributed by atoms with E-state index < -0.39 is 6.04 Å². The van der Waals surface area contributed by atoms with Gasteiger partial charge in [0.2, 0.25) is 5.91 Å². The van der Waals surface area contributed by atoms with E-state index in [0.717, 1.165) is 23.1 Å². The van der Waals surface area contributed by atoms with Crippen molar-refractivity contribution in [3.8, 4) is 5.75 Å². The van der Waals surface area contributed by atoms with Gasteiger partial charge >= 0.3 is 0 Å². The zero-order chi connectivity index (χ0) is 27.7. The summed E-state index contributed by atoms with van der Waals surface area (Å²) in [4.78, 5) is 28.8. The van der Waals surface area contributed by atoms with Crippen LogP contribution in [0.25, 0.3) is 0 Å². The highest BCUT2D eigenvalue weighted by Gasteiger charge is 2.31. The zero-order valence-electron chi connectivity index (χ0n) is 22.5. The Morgan fingerprint density at radius 3 is 2.26 bits per heavy atom. The quantitative estimate of drug-likeness (QED) is 0.282. The van der Waals surface area contributed by atoms with Gasteiger partial charge in [0.15, 0.2) is 6.61 Å². The van der Waals surface area contributed by atoms with Crippen molar-refractivity contribution in [2.24, 2.45) is 0 Å². The van der Waals surface area contributed by atoms with Gasteiger partial charge in [-0.3, -0.25) is 9.59 Å². The van der Waals surface area contributed by atoms with Gasteiger partial charge in [0, 0.05) is 19.5 Å². The van der Waals surface area contributed by atoms with Crippen LogP contribution in [0.5, 0.6) is 5.75 Å².